The second-order valence-electron chi connectivity index (χ2n) is 2.70. The largest absolute Gasteiger partial charge is 0.468 e. The van der Waals surface area contributed by atoms with E-state index >= 15 is 0 Å². The van der Waals surface area contributed by atoms with Crippen molar-refractivity contribution in [2.45, 2.75) is 0 Å². The monoisotopic (exact) mass is 223 g/mol. The van der Waals surface area contributed by atoms with Crippen molar-refractivity contribution in [2.75, 3.05) is 13.7 Å². The van der Waals surface area contributed by atoms with Crippen molar-refractivity contribution >= 4 is 28.2 Å². The molecule has 0 spiro atoms. The molecule has 0 fully saturated rings. The lowest BCUT2D eigenvalue weighted by atomic mass is 9.97. The van der Waals surface area contributed by atoms with Crippen LogP contribution in [0.2, 0.25) is 0 Å². The van der Waals surface area contributed by atoms with Gasteiger partial charge in [0.2, 0.25) is 0 Å². The van der Waals surface area contributed by atoms with E-state index in [1.807, 2.05) is 0 Å². The van der Waals surface area contributed by atoms with E-state index in [0.717, 1.165) is 0 Å². The van der Waals surface area contributed by atoms with E-state index in [4.69, 9.17) is 12.4 Å². The van der Waals surface area contributed by atoms with Crippen molar-refractivity contribution in [1.82, 2.24) is 5.09 Å². The Balaban J connectivity index is 2.20. The molecule has 0 saturated heterocycles. The van der Waals surface area contributed by atoms with E-state index in [9.17, 15) is 4.79 Å². The topological polar surface area (TPSA) is 47.6 Å². The average molecular weight is 223 g/mol. The van der Waals surface area contributed by atoms with Gasteiger partial charge >= 0.3 is 5.97 Å². The number of esters is 1. The van der Waals surface area contributed by atoms with E-state index in [1.54, 1.807) is 24.3 Å². The van der Waals surface area contributed by atoms with Crippen molar-refractivity contribution in [3.63, 3.8) is 0 Å². The third-order valence-corrected chi connectivity index (χ3v) is 2.24. The van der Waals surface area contributed by atoms with Gasteiger partial charge in [0.15, 0.2) is 0 Å². The molecule has 0 aromatic heterocycles. The molecule has 4 nitrogen and oxygen atoms in total. The number of ether oxygens (including phenoxy) is 1. The lowest BCUT2D eigenvalue weighted by molar-refractivity contribution is -0.139. The van der Waals surface area contributed by atoms with Crippen LogP contribution in [0, 0.1) is 0 Å². The molecule has 1 rings (SSSR count). The molecular formula is C9H11BNO3P. The number of benzene rings is 1. The highest BCUT2D eigenvalue weighted by atomic mass is 31.1. The van der Waals surface area contributed by atoms with Crippen molar-refractivity contribution in [3.8, 4) is 5.75 Å². The molecule has 1 atom stereocenters. The average Bonchev–Trinajstić information content (AvgIpc) is 2.26. The molecule has 0 saturated carbocycles. The smallest absolute Gasteiger partial charge is 0.320 e. The molecule has 0 aliphatic rings. The first-order valence-corrected chi connectivity index (χ1v) is 5.20. The second-order valence-corrected chi connectivity index (χ2v) is 3.46. The predicted octanol–water partition coefficient (Wildman–Crippen LogP) is 0.130. The predicted molar refractivity (Wildman–Crippen MR) is 60.8 cm³/mol. The number of hydrogen-bond acceptors (Lipinski definition) is 4. The Kier molecular flexibility index (Phi) is 5.15. The molecule has 0 amide bonds. The highest BCUT2D eigenvalue weighted by Crippen LogP contribution is 2.15. The summed E-state index contributed by atoms with van der Waals surface area (Å²) in [4.78, 5) is 10.7. The molecule has 2 radical (unpaired) electrons. The molecule has 1 aromatic carbocycles. The Morgan fingerprint density at radius 3 is 2.73 bits per heavy atom. The van der Waals surface area contributed by atoms with E-state index in [1.165, 1.54) is 7.11 Å². The van der Waals surface area contributed by atoms with Crippen molar-refractivity contribution in [1.29, 1.82) is 0 Å². The van der Waals surface area contributed by atoms with Gasteiger partial charge in [0, 0.05) is 0 Å². The Morgan fingerprint density at radius 2 is 2.13 bits per heavy atom. The van der Waals surface area contributed by atoms with Gasteiger partial charge in [-0.15, -0.1) is 0 Å². The lowest BCUT2D eigenvalue weighted by Crippen LogP contribution is -2.17. The van der Waals surface area contributed by atoms with Gasteiger partial charge in [-0.2, -0.15) is 0 Å². The maximum Gasteiger partial charge on any atom is 0.320 e. The molecule has 1 N–H and O–H groups in total. The van der Waals surface area contributed by atoms with E-state index in [2.05, 4.69) is 9.82 Å². The van der Waals surface area contributed by atoms with Crippen LogP contribution in [0.15, 0.2) is 24.3 Å². The minimum absolute atomic E-state index is 0.0106. The molecule has 1 unspecified atom stereocenters. The maximum absolute atomic E-state index is 10.7. The molecule has 6 heteroatoms. The summed E-state index contributed by atoms with van der Waals surface area (Å²) in [6.07, 6.45) is 0. The zero-order valence-electron chi connectivity index (χ0n) is 8.32. The molecule has 1 aromatic rings. The Bertz CT molecular complexity index is 318. The van der Waals surface area contributed by atoms with Gasteiger partial charge in [-0.3, -0.25) is 9.88 Å². The number of methoxy groups -OCH3 is 1. The molecular weight excluding hydrogens is 212 g/mol. The lowest BCUT2D eigenvalue weighted by Gasteiger charge is -2.06. The SMILES string of the molecule is [B]c1ccc(OPNCC(=O)OC)cc1. The summed E-state index contributed by atoms with van der Waals surface area (Å²) in [6, 6.07) is 7.03. The number of nitrogens with one attached hydrogen (secondary N) is 1. The van der Waals surface area contributed by atoms with Gasteiger partial charge in [-0.1, -0.05) is 17.6 Å². The zero-order chi connectivity index (χ0) is 11.1. The molecule has 78 valence electrons. The summed E-state index contributed by atoms with van der Waals surface area (Å²) in [6.45, 7) is 0.143. The van der Waals surface area contributed by atoms with Crippen LogP contribution in [0.1, 0.15) is 0 Å². The maximum atomic E-state index is 10.7. The Morgan fingerprint density at radius 1 is 1.47 bits per heavy atom. The summed E-state index contributed by atoms with van der Waals surface area (Å²) < 4.78 is 9.76. The number of carbonyl (C=O) groups excluding carboxylic acids is 1. The molecule has 0 aliphatic carbocycles. The Hall–Kier alpha value is -1.06. The van der Waals surface area contributed by atoms with E-state index < -0.39 is 0 Å². The summed E-state index contributed by atoms with van der Waals surface area (Å²) in [7, 11) is 6.86. The molecule has 15 heavy (non-hydrogen) atoms. The van der Waals surface area contributed by atoms with Gasteiger partial charge in [-0.05, 0) is 12.1 Å². The minimum Gasteiger partial charge on any atom is -0.468 e. The van der Waals surface area contributed by atoms with Crippen LogP contribution >= 0.6 is 8.96 Å². The van der Waals surface area contributed by atoms with Gasteiger partial charge < -0.3 is 9.26 Å². The first-order chi connectivity index (χ1) is 7.22. The van der Waals surface area contributed by atoms with Gasteiger partial charge in [0.05, 0.1) is 13.7 Å². The van der Waals surface area contributed by atoms with Crippen LogP contribution in [0.3, 0.4) is 0 Å². The van der Waals surface area contributed by atoms with Gasteiger partial charge in [0.25, 0.3) is 0 Å². The highest BCUT2D eigenvalue weighted by molar-refractivity contribution is 7.30. The molecule has 0 heterocycles. The minimum atomic E-state index is -0.316. The van der Waals surface area contributed by atoms with Crippen molar-refractivity contribution in [2.24, 2.45) is 0 Å². The zero-order valence-corrected chi connectivity index (χ0v) is 9.32. The fourth-order valence-electron chi connectivity index (χ4n) is 0.811. The van der Waals surface area contributed by atoms with Gasteiger partial charge in [0.1, 0.15) is 22.6 Å². The normalized spacial score (nSPS) is 10.5. The number of carbonyl (C=O) groups is 1. The fraction of sp³-hybridized carbons (Fsp3) is 0.222. The third kappa shape index (κ3) is 4.82. The summed E-state index contributed by atoms with van der Waals surface area (Å²) >= 11 is 0. The Labute approximate surface area is 91.7 Å². The van der Waals surface area contributed by atoms with Crippen molar-refractivity contribution in [3.05, 3.63) is 24.3 Å². The van der Waals surface area contributed by atoms with Crippen LogP contribution in [0.25, 0.3) is 0 Å². The van der Waals surface area contributed by atoms with Crippen LogP contribution in [0.4, 0.5) is 0 Å². The summed E-state index contributed by atoms with van der Waals surface area (Å²) in [5.74, 6) is 0.392. The summed E-state index contributed by atoms with van der Waals surface area (Å²) in [5.41, 5.74) is 0.688. The van der Waals surface area contributed by atoms with E-state index in [-0.39, 0.29) is 21.5 Å². The third-order valence-electron chi connectivity index (χ3n) is 1.58. The first-order valence-electron chi connectivity index (χ1n) is 4.29. The van der Waals surface area contributed by atoms with Gasteiger partial charge in [-0.25, -0.2) is 0 Å². The second kappa shape index (κ2) is 6.43. The standard InChI is InChI=1S/C9H11BNO3P/c1-13-9(12)6-11-15-14-8-4-2-7(10)3-5-8/h2-5,11,15H,6H2,1H3. The number of hydrogen-bond donors (Lipinski definition) is 1. The van der Waals surface area contributed by atoms with E-state index in [0.29, 0.717) is 11.2 Å². The quantitative estimate of drug-likeness (QED) is 0.333. The fourth-order valence-corrected chi connectivity index (χ4v) is 1.35. The van der Waals surface area contributed by atoms with Crippen LogP contribution in [0.5, 0.6) is 5.75 Å². The first kappa shape index (κ1) is 12.0. The molecule has 0 bridgehead atoms. The molecule has 0 aliphatic heterocycles. The highest BCUT2D eigenvalue weighted by Gasteiger charge is 1.98. The summed E-state index contributed by atoms with van der Waals surface area (Å²) in [5, 5.41) is 2.80. The number of rotatable bonds is 5. The van der Waals surface area contributed by atoms with Crippen LogP contribution in [-0.4, -0.2) is 27.5 Å². The van der Waals surface area contributed by atoms with Crippen LogP contribution < -0.4 is 15.1 Å². The van der Waals surface area contributed by atoms with Crippen LogP contribution in [-0.2, 0) is 9.53 Å². The van der Waals surface area contributed by atoms with Crippen molar-refractivity contribution < 1.29 is 14.1 Å².